The lowest BCUT2D eigenvalue weighted by Crippen LogP contribution is -1.93. The van der Waals surface area contributed by atoms with E-state index < -0.39 is 0 Å². The fourth-order valence-corrected chi connectivity index (χ4v) is 2.00. The first-order chi connectivity index (χ1) is 8.56. The van der Waals surface area contributed by atoms with E-state index in [1.54, 1.807) is 12.1 Å². The van der Waals surface area contributed by atoms with Gasteiger partial charge in [0.05, 0.1) is 0 Å². The van der Waals surface area contributed by atoms with Crippen molar-refractivity contribution in [2.24, 2.45) is 0 Å². The number of halogens is 1. The van der Waals surface area contributed by atoms with E-state index in [0.717, 1.165) is 5.75 Å². The Bertz CT molecular complexity index is 529. The van der Waals surface area contributed by atoms with Crippen molar-refractivity contribution < 1.29 is 9.13 Å². The molecule has 0 unspecified atom stereocenters. The van der Waals surface area contributed by atoms with Gasteiger partial charge in [-0.05, 0) is 60.4 Å². The van der Waals surface area contributed by atoms with E-state index in [9.17, 15) is 4.39 Å². The fourth-order valence-electron chi connectivity index (χ4n) is 2.00. The van der Waals surface area contributed by atoms with Gasteiger partial charge in [0, 0.05) is 0 Å². The van der Waals surface area contributed by atoms with Crippen molar-refractivity contribution >= 4 is 0 Å². The molecule has 0 radical (unpaired) electrons. The SMILES string of the molecule is Cc1cc(Oc2ccc(F)cc2)ccc1C(C)C. The molecule has 18 heavy (non-hydrogen) atoms. The van der Waals surface area contributed by atoms with Crippen molar-refractivity contribution in [3.63, 3.8) is 0 Å². The summed E-state index contributed by atoms with van der Waals surface area (Å²) in [4.78, 5) is 0. The van der Waals surface area contributed by atoms with Crippen LogP contribution in [0.15, 0.2) is 42.5 Å². The zero-order valence-corrected chi connectivity index (χ0v) is 10.9. The Morgan fingerprint density at radius 3 is 2.11 bits per heavy atom. The summed E-state index contributed by atoms with van der Waals surface area (Å²) in [6, 6.07) is 12.1. The Morgan fingerprint density at radius 1 is 0.944 bits per heavy atom. The molecule has 94 valence electrons. The highest BCUT2D eigenvalue weighted by Gasteiger charge is 2.05. The lowest BCUT2D eigenvalue weighted by atomic mass is 9.98. The van der Waals surface area contributed by atoms with Gasteiger partial charge in [-0.3, -0.25) is 0 Å². The molecule has 2 heteroatoms. The quantitative estimate of drug-likeness (QED) is 0.734. The molecule has 0 aliphatic heterocycles. The van der Waals surface area contributed by atoms with Crippen molar-refractivity contribution in [1.82, 2.24) is 0 Å². The molecule has 0 bridgehead atoms. The van der Waals surface area contributed by atoms with Crippen LogP contribution in [0, 0.1) is 12.7 Å². The molecule has 0 saturated carbocycles. The molecule has 0 spiro atoms. The first kappa shape index (κ1) is 12.6. The highest BCUT2D eigenvalue weighted by Crippen LogP contribution is 2.27. The van der Waals surface area contributed by atoms with Crippen LogP contribution < -0.4 is 4.74 Å². The van der Waals surface area contributed by atoms with Crippen LogP contribution in [0.25, 0.3) is 0 Å². The van der Waals surface area contributed by atoms with Gasteiger partial charge in [-0.25, -0.2) is 4.39 Å². The minimum atomic E-state index is -0.256. The predicted octanol–water partition coefficient (Wildman–Crippen LogP) is 5.05. The van der Waals surface area contributed by atoms with E-state index in [2.05, 4.69) is 26.8 Å². The van der Waals surface area contributed by atoms with Crippen LogP contribution in [-0.4, -0.2) is 0 Å². The number of benzene rings is 2. The lowest BCUT2D eigenvalue weighted by molar-refractivity contribution is 0.480. The van der Waals surface area contributed by atoms with Gasteiger partial charge < -0.3 is 4.74 Å². The number of hydrogen-bond acceptors (Lipinski definition) is 1. The highest BCUT2D eigenvalue weighted by atomic mass is 19.1. The Morgan fingerprint density at radius 2 is 1.56 bits per heavy atom. The van der Waals surface area contributed by atoms with Crippen molar-refractivity contribution in [3.8, 4) is 11.5 Å². The topological polar surface area (TPSA) is 9.23 Å². The average Bonchev–Trinajstić information content (AvgIpc) is 2.32. The van der Waals surface area contributed by atoms with Gasteiger partial charge in [-0.1, -0.05) is 19.9 Å². The molecule has 0 aliphatic rings. The summed E-state index contributed by atoms with van der Waals surface area (Å²) in [5, 5.41) is 0. The van der Waals surface area contributed by atoms with Crippen LogP contribution in [0.3, 0.4) is 0 Å². The second-order valence-corrected chi connectivity index (χ2v) is 4.73. The molecule has 0 saturated heterocycles. The van der Waals surface area contributed by atoms with E-state index in [1.165, 1.54) is 23.3 Å². The molecular weight excluding hydrogens is 227 g/mol. The number of aryl methyl sites for hydroxylation is 1. The summed E-state index contributed by atoms with van der Waals surface area (Å²) in [5.41, 5.74) is 2.53. The zero-order chi connectivity index (χ0) is 13.1. The molecule has 1 nitrogen and oxygen atoms in total. The van der Waals surface area contributed by atoms with E-state index in [4.69, 9.17) is 4.74 Å². The smallest absolute Gasteiger partial charge is 0.127 e. The van der Waals surface area contributed by atoms with Crippen molar-refractivity contribution in [1.29, 1.82) is 0 Å². The molecular formula is C16H17FO. The van der Waals surface area contributed by atoms with Gasteiger partial charge in [-0.15, -0.1) is 0 Å². The third kappa shape index (κ3) is 2.89. The monoisotopic (exact) mass is 244 g/mol. The molecule has 0 aromatic heterocycles. The number of hydrogen-bond donors (Lipinski definition) is 0. The number of ether oxygens (including phenoxy) is 1. The second kappa shape index (κ2) is 5.21. The third-order valence-electron chi connectivity index (χ3n) is 2.91. The Labute approximate surface area is 107 Å². The average molecular weight is 244 g/mol. The summed E-state index contributed by atoms with van der Waals surface area (Å²) in [5.74, 6) is 1.68. The third-order valence-corrected chi connectivity index (χ3v) is 2.91. The van der Waals surface area contributed by atoms with Gasteiger partial charge in [-0.2, -0.15) is 0 Å². The molecule has 0 aliphatic carbocycles. The van der Waals surface area contributed by atoms with Gasteiger partial charge in [0.1, 0.15) is 17.3 Å². The maximum absolute atomic E-state index is 12.8. The van der Waals surface area contributed by atoms with Crippen LogP contribution in [0.5, 0.6) is 11.5 Å². The van der Waals surface area contributed by atoms with E-state index in [0.29, 0.717) is 11.7 Å². The van der Waals surface area contributed by atoms with E-state index in [-0.39, 0.29) is 5.82 Å². The normalized spacial score (nSPS) is 10.7. The summed E-state index contributed by atoms with van der Waals surface area (Å²) in [6.07, 6.45) is 0. The minimum Gasteiger partial charge on any atom is -0.457 e. The molecule has 2 aromatic carbocycles. The van der Waals surface area contributed by atoms with Crippen molar-refractivity contribution in [2.75, 3.05) is 0 Å². The molecule has 0 N–H and O–H groups in total. The van der Waals surface area contributed by atoms with Crippen LogP contribution >= 0.6 is 0 Å². The maximum atomic E-state index is 12.8. The molecule has 0 heterocycles. The van der Waals surface area contributed by atoms with Gasteiger partial charge in [0.15, 0.2) is 0 Å². The second-order valence-electron chi connectivity index (χ2n) is 4.73. The Kier molecular flexibility index (Phi) is 3.66. The predicted molar refractivity (Wildman–Crippen MR) is 71.7 cm³/mol. The summed E-state index contributed by atoms with van der Waals surface area (Å²) in [7, 11) is 0. The van der Waals surface area contributed by atoms with E-state index >= 15 is 0 Å². The lowest BCUT2D eigenvalue weighted by Gasteiger charge is -2.12. The van der Waals surface area contributed by atoms with Crippen molar-refractivity contribution in [2.45, 2.75) is 26.7 Å². The first-order valence-corrected chi connectivity index (χ1v) is 6.10. The van der Waals surface area contributed by atoms with Crippen molar-refractivity contribution in [3.05, 3.63) is 59.4 Å². The number of rotatable bonds is 3. The summed E-state index contributed by atoms with van der Waals surface area (Å²) in [6.45, 7) is 6.42. The first-order valence-electron chi connectivity index (χ1n) is 6.10. The Balaban J connectivity index is 2.20. The largest absolute Gasteiger partial charge is 0.457 e. The maximum Gasteiger partial charge on any atom is 0.127 e. The van der Waals surface area contributed by atoms with Gasteiger partial charge in [0.25, 0.3) is 0 Å². The fraction of sp³-hybridized carbons (Fsp3) is 0.250. The molecule has 0 fully saturated rings. The molecule has 2 aromatic rings. The minimum absolute atomic E-state index is 0.256. The van der Waals surface area contributed by atoms with Gasteiger partial charge >= 0.3 is 0 Å². The molecule has 0 atom stereocenters. The standard InChI is InChI=1S/C16H17FO/c1-11(2)16-9-8-15(10-12(16)3)18-14-6-4-13(17)5-7-14/h4-11H,1-3H3. The molecule has 0 amide bonds. The van der Waals surface area contributed by atoms with Crippen LogP contribution in [0.2, 0.25) is 0 Å². The summed E-state index contributed by atoms with van der Waals surface area (Å²) >= 11 is 0. The summed E-state index contributed by atoms with van der Waals surface area (Å²) < 4.78 is 18.5. The van der Waals surface area contributed by atoms with E-state index in [1.807, 2.05) is 12.1 Å². The molecule has 2 rings (SSSR count). The Hall–Kier alpha value is -1.83. The highest BCUT2D eigenvalue weighted by molar-refractivity contribution is 5.39. The van der Waals surface area contributed by atoms with Crippen LogP contribution in [0.4, 0.5) is 4.39 Å². The zero-order valence-electron chi connectivity index (χ0n) is 10.9. The van der Waals surface area contributed by atoms with Gasteiger partial charge in [0.2, 0.25) is 0 Å². The van der Waals surface area contributed by atoms with Crippen LogP contribution in [-0.2, 0) is 0 Å². The van der Waals surface area contributed by atoms with Crippen LogP contribution in [0.1, 0.15) is 30.9 Å².